The van der Waals surface area contributed by atoms with Crippen LogP contribution in [-0.4, -0.2) is 37.4 Å². The number of carbonyl (C=O) groups excluding carboxylic acids is 1. The van der Waals surface area contributed by atoms with Crippen molar-refractivity contribution < 1.29 is 27.4 Å². The van der Waals surface area contributed by atoms with E-state index in [-0.39, 0.29) is 35.0 Å². The van der Waals surface area contributed by atoms with Crippen molar-refractivity contribution in [3.63, 3.8) is 0 Å². The topological polar surface area (TPSA) is 73.6 Å². The summed E-state index contributed by atoms with van der Waals surface area (Å²) >= 11 is 5.82. The second-order valence-corrected chi connectivity index (χ2v) is 5.53. The number of hydrogen-bond acceptors (Lipinski definition) is 4. The number of alkyl halides is 3. The fraction of sp³-hybridized carbons (Fsp3) is 0.500. The molecule has 0 bridgehead atoms. The van der Waals surface area contributed by atoms with Crippen LogP contribution in [-0.2, 0) is 9.53 Å². The molecule has 5 nitrogen and oxygen atoms in total. The molecule has 2 rings (SSSR count). The molecule has 1 aliphatic rings. The lowest BCUT2D eigenvalue weighted by Crippen LogP contribution is -2.30. The lowest BCUT2D eigenvalue weighted by Gasteiger charge is -2.16. The molecule has 136 valence electrons. The molecule has 1 aromatic rings. The van der Waals surface area contributed by atoms with Gasteiger partial charge in [0.2, 0.25) is 0 Å². The third kappa shape index (κ3) is 6.01. The highest BCUT2D eigenvalue weighted by Crippen LogP contribution is 2.30. The predicted octanol–water partition coefficient (Wildman–Crippen LogP) is 3.15. The summed E-state index contributed by atoms with van der Waals surface area (Å²) in [4.78, 5) is 12.1. The molecular formula is C14H17Cl2F3N2O3. The minimum absolute atomic E-state index is 0. The van der Waals surface area contributed by atoms with E-state index in [2.05, 4.69) is 5.32 Å². The predicted molar refractivity (Wildman–Crippen MR) is 85.8 cm³/mol. The third-order valence-corrected chi connectivity index (χ3v) is 3.49. The second-order valence-electron chi connectivity index (χ2n) is 5.09. The lowest BCUT2D eigenvalue weighted by molar-refractivity contribution is -0.153. The Hall–Kier alpha value is -1.22. The van der Waals surface area contributed by atoms with Crippen LogP contribution in [0.25, 0.3) is 0 Å². The number of hydrogen-bond donors (Lipinski definition) is 2. The maximum absolute atomic E-state index is 12.3. The smallest absolute Gasteiger partial charge is 0.422 e. The van der Waals surface area contributed by atoms with Gasteiger partial charge < -0.3 is 20.5 Å². The summed E-state index contributed by atoms with van der Waals surface area (Å²) in [6, 6.07) is 3.96. The number of nitrogens with two attached hydrogens (primary N) is 1. The summed E-state index contributed by atoms with van der Waals surface area (Å²) in [5.41, 5.74) is 5.53. The van der Waals surface area contributed by atoms with Crippen molar-refractivity contribution in [2.45, 2.75) is 31.2 Å². The van der Waals surface area contributed by atoms with Crippen LogP contribution in [0.2, 0.25) is 5.02 Å². The highest BCUT2D eigenvalue weighted by Gasteiger charge is 2.31. The third-order valence-electron chi connectivity index (χ3n) is 3.25. The van der Waals surface area contributed by atoms with E-state index in [0.717, 1.165) is 0 Å². The van der Waals surface area contributed by atoms with Gasteiger partial charge in [-0.3, -0.25) is 4.79 Å². The molecule has 0 aromatic heterocycles. The lowest BCUT2D eigenvalue weighted by atomic mass is 10.2. The summed E-state index contributed by atoms with van der Waals surface area (Å²) in [7, 11) is 0. The fourth-order valence-corrected chi connectivity index (χ4v) is 2.34. The number of ether oxygens (including phenoxy) is 2. The Bertz CT molecular complexity index is 573. The van der Waals surface area contributed by atoms with Gasteiger partial charge in [0, 0.05) is 11.6 Å². The minimum Gasteiger partial charge on any atom is -0.482 e. The highest BCUT2D eigenvalue weighted by molar-refractivity contribution is 6.31. The first kappa shape index (κ1) is 20.8. The molecule has 1 aromatic carbocycles. The molecule has 1 saturated heterocycles. The summed E-state index contributed by atoms with van der Waals surface area (Å²) in [5, 5.41) is 2.75. The molecule has 1 heterocycles. The average molecular weight is 389 g/mol. The zero-order valence-corrected chi connectivity index (χ0v) is 14.0. The van der Waals surface area contributed by atoms with Crippen molar-refractivity contribution >= 4 is 35.6 Å². The number of halogens is 5. The van der Waals surface area contributed by atoms with Crippen LogP contribution < -0.4 is 15.8 Å². The van der Waals surface area contributed by atoms with Crippen molar-refractivity contribution in [3.05, 3.63) is 23.2 Å². The van der Waals surface area contributed by atoms with Gasteiger partial charge in [-0.2, -0.15) is 13.2 Å². The van der Waals surface area contributed by atoms with Crippen molar-refractivity contribution in [2.24, 2.45) is 5.73 Å². The number of amides is 1. The standard InChI is InChI=1S/C14H16ClF3N2O3.ClH/c15-8-1-3-11(22-7-14(16,17)18)10(5-8)20-13(21)12-4-2-9(6-19)23-12;/h1,3,5,9,12H,2,4,6-7,19H2,(H,20,21);1H/t9-,12+;/m1./s1. The van der Waals surface area contributed by atoms with Crippen LogP contribution in [0.4, 0.5) is 18.9 Å². The van der Waals surface area contributed by atoms with Gasteiger partial charge >= 0.3 is 6.18 Å². The molecule has 0 radical (unpaired) electrons. The molecule has 0 unspecified atom stereocenters. The van der Waals surface area contributed by atoms with Crippen LogP contribution >= 0.6 is 24.0 Å². The Morgan fingerprint density at radius 2 is 2.12 bits per heavy atom. The SMILES string of the molecule is Cl.NC[C@H]1CC[C@@H](C(=O)Nc2cc(Cl)ccc2OCC(F)(F)F)O1. The van der Waals surface area contributed by atoms with Gasteiger partial charge in [0.15, 0.2) is 6.61 Å². The summed E-state index contributed by atoms with van der Waals surface area (Å²) in [6.45, 7) is -1.16. The molecule has 0 aliphatic carbocycles. The van der Waals surface area contributed by atoms with Gasteiger partial charge in [0.1, 0.15) is 11.9 Å². The normalized spacial score (nSPS) is 20.4. The molecule has 0 saturated carbocycles. The summed E-state index contributed by atoms with van der Waals surface area (Å²) < 4.78 is 47.0. The van der Waals surface area contributed by atoms with E-state index in [0.29, 0.717) is 19.4 Å². The highest BCUT2D eigenvalue weighted by atomic mass is 35.5. The van der Waals surface area contributed by atoms with Crippen molar-refractivity contribution in [3.8, 4) is 5.75 Å². The first-order valence-corrected chi connectivity index (χ1v) is 7.32. The van der Waals surface area contributed by atoms with Crippen LogP contribution in [0, 0.1) is 0 Å². The molecule has 2 atom stereocenters. The van der Waals surface area contributed by atoms with E-state index >= 15 is 0 Å². The Kier molecular flexibility index (Phi) is 7.59. The van der Waals surface area contributed by atoms with E-state index in [1.807, 2.05) is 0 Å². The number of anilines is 1. The van der Waals surface area contributed by atoms with Crippen molar-refractivity contribution in [1.29, 1.82) is 0 Å². The first-order valence-electron chi connectivity index (χ1n) is 6.94. The number of benzene rings is 1. The van der Waals surface area contributed by atoms with Gasteiger partial charge in [0.25, 0.3) is 5.91 Å². The van der Waals surface area contributed by atoms with E-state index in [9.17, 15) is 18.0 Å². The van der Waals surface area contributed by atoms with Gasteiger partial charge in [0.05, 0.1) is 11.8 Å². The van der Waals surface area contributed by atoms with E-state index in [1.54, 1.807) is 0 Å². The largest absolute Gasteiger partial charge is 0.482 e. The maximum atomic E-state index is 12.3. The Morgan fingerprint density at radius 3 is 2.71 bits per heavy atom. The van der Waals surface area contributed by atoms with Crippen LogP contribution in [0.1, 0.15) is 12.8 Å². The molecule has 24 heavy (non-hydrogen) atoms. The van der Waals surface area contributed by atoms with Crippen LogP contribution in [0.3, 0.4) is 0 Å². The Morgan fingerprint density at radius 1 is 1.42 bits per heavy atom. The van der Waals surface area contributed by atoms with Crippen LogP contribution in [0.5, 0.6) is 5.75 Å². The van der Waals surface area contributed by atoms with E-state index in [1.165, 1.54) is 18.2 Å². The van der Waals surface area contributed by atoms with Gasteiger partial charge in [-0.05, 0) is 31.0 Å². The summed E-state index contributed by atoms with van der Waals surface area (Å²) in [6.07, 6.45) is -4.22. The monoisotopic (exact) mass is 388 g/mol. The summed E-state index contributed by atoms with van der Waals surface area (Å²) in [5.74, 6) is -0.589. The van der Waals surface area contributed by atoms with Crippen molar-refractivity contribution in [1.82, 2.24) is 0 Å². The first-order chi connectivity index (χ1) is 10.8. The molecule has 3 N–H and O–H groups in total. The van der Waals surface area contributed by atoms with Crippen molar-refractivity contribution in [2.75, 3.05) is 18.5 Å². The number of nitrogens with one attached hydrogen (secondary N) is 1. The zero-order valence-electron chi connectivity index (χ0n) is 12.4. The molecular weight excluding hydrogens is 372 g/mol. The minimum atomic E-state index is -4.48. The zero-order chi connectivity index (χ0) is 17.0. The van der Waals surface area contributed by atoms with Gasteiger partial charge in [-0.25, -0.2) is 0 Å². The van der Waals surface area contributed by atoms with Gasteiger partial charge in [-0.1, -0.05) is 11.6 Å². The molecule has 0 spiro atoms. The number of carbonyl (C=O) groups is 1. The molecule has 1 amide bonds. The average Bonchev–Trinajstić information content (AvgIpc) is 2.94. The Balaban J connectivity index is 0.00000288. The van der Waals surface area contributed by atoms with Crippen LogP contribution in [0.15, 0.2) is 18.2 Å². The fourth-order valence-electron chi connectivity index (χ4n) is 2.17. The second kappa shape index (κ2) is 8.75. The quantitative estimate of drug-likeness (QED) is 0.812. The molecule has 1 aliphatic heterocycles. The Labute approximate surface area is 148 Å². The van der Waals surface area contributed by atoms with E-state index < -0.39 is 24.8 Å². The van der Waals surface area contributed by atoms with E-state index in [4.69, 9.17) is 26.8 Å². The molecule has 1 fully saturated rings. The maximum Gasteiger partial charge on any atom is 0.422 e. The number of rotatable bonds is 5. The molecule has 10 heteroatoms. The van der Waals surface area contributed by atoms with Gasteiger partial charge in [-0.15, -0.1) is 12.4 Å².